The van der Waals surface area contributed by atoms with Crippen LogP contribution in [0.25, 0.3) is 0 Å². The van der Waals surface area contributed by atoms with Gasteiger partial charge in [0.2, 0.25) is 0 Å². The lowest BCUT2D eigenvalue weighted by Crippen LogP contribution is -2.03. The molecule has 2 aromatic rings. The standard InChI is InChI=1S/C11H11N3O4/c1-7(11-12-8(2)13-18-11)17-10-5-3-9(4-6-10)14(15)16/h3-7H,1-2H3. The van der Waals surface area contributed by atoms with Gasteiger partial charge in [-0.15, -0.1) is 0 Å². The molecule has 0 aliphatic rings. The Bertz CT molecular complexity index is 550. The Morgan fingerprint density at radius 1 is 1.39 bits per heavy atom. The zero-order valence-corrected chi connectivity index (χ0v) is 9.86. The molecule has 0 N–H and O–H groups in total. The molecule has 1 aromatic carbocycles. The molecule has 0 amide bonds. The van der Waals surface area contributed by atoms with Crippen LogP contribution in [-0.4, -0.2) is 15.1 Å². The second kappa shape index (κ2) is 4.82. The van der Waals surface area contributed by atoms with Crippen LogP contribution in [0, 0.1) is 17.0 Å². The Kier molecular flexibility index (Phi) is 3.22. The van der Waals surface area contributed by atoms with E-state index in [-0.39, 0.29) is 5.69 Å². The van der Waals surface area contributed by atoms with Gasteiger partial charge in [-0.25, -0.2) is 0 Å². The number of ether oxygens (including phenoxy) is 1. The van der Waals surface area contributed by atoms with Crippen molar-refractivity contribution in [2.24, 2.45) is 0 Å². The number of nitro benzene ring substituents is 1. The Hall–Kier alpha value is -2.44. The van der Waals surface area contributed by atoms with Crippen molar-refractivity contribution in [2.75, 3.05) is 0 Å². The molecule has 0 spiro atoms. The average Bonchev–Trinajstić information content (AvgIpc) is 2.76. The highest BCUT2D eigenvalue weighted by Gasteiger charge is 2.15. The Labute approximate surface area is 103 Å². The van der Waals surface area contributed by atoms with Gasteiger partial charge in [-0.05, 0) is 26.0 Å². The molecule has 94 valence electrons. The molecule has 1 atom stereocenters. The van der Waals surface area contributed by atoms with Gasteiger partial charge >= 0.3 is 0 Å². The number of non-ortho nitro benzene ring substituents is 1. The minimum absolute atomic E-state index is 0.0173. The summed E-state index contributed by atoms with van der Waals surface area (Å²) in [5.74, 6) is 1.40. The normalized spacial score (nSPS) is 12.1. The van der Waals surface area contributed by atoms with Crippen molar-refractivity contribution in [2.45, 2.75) is 20.0 Å². The first-order valence-corrected chi connectivity index (χ1v) is 5.27. The molecule has 0 radical (unpaired) electrons. The maximum absolute atomic E-state index is 10.5. The van der Waals surface area contributed by atoms with Gasteiger partial charge in [0.15, 0.2) is 11.9 Å². The van der Waals surface area contributed by atoms with Gasteiger partial charge in [0, 0.05) is 12.1 Å². The number of aryl methyl sites for hydroxylation is 1. The number of hydrogen-bond acceptors (Lipinski definition) is 6. The fourth-order valence-corrected chi connectivity index (χ4v) is 1.38. The molecule has 2 rings (SSSR count). The maximum atomic E-state index is 10.5. The summed E-state index contributed by atoms with van der Waals surface area (Å²) in [6, 6.07) is 5.80. The zero-order valence-electron chi connectivity index (χ0n) is 9.86. The van der Waals surface area contributed by atoms with Crippen LogP contribution >= 0.6 is 0 Å². The molecule has 18 heavy (non-hydrogen) atoms. The predicted molar refractivity (Wildman–Crippen MR) is 61.2 cm³/mol. The maximum Gasteiger partial charge on any atom is 0.269 e. The van der Waals surface area contributed by atoms with Crippen LogP contribution in [0.3, 0.4) is 0 Å². The molecule has 1 unspecified atom stereocenters. The summed E-state index contributed by atoms with van der Waals surface area (Å²) in [7, 11) is 0. The highest BCUT2D eigenvalue weighted by molar-refractivity contribution is 5.36. The first-order chi connectivity index (χ1) is 8.56. The fraction of sp³-hybridized carbons (Fsp3) is 0.273. The number of benzene rings is 1. The summed E-state index contributed by atoms with van der Waals surface area (Å²) in [6.45, 7) is 3.47. The average molecular weight is 249 g/mol. The van der Waals surface area contributed by atoms with Gasteiger partial charge in [-0.2, -0.15) is 4.98 Å². The van der Waals surface area contributed by atoms with E-state index in [1.54, 1.807) is 13.8 Å². The summed E-state index contributed by atoms with van der Waals surface area (Å²) in [5, 5.41) is 14.2. The lowest BCUT2D eigenvalue weighted by molar-refractivity contribution is -0.384. The van der Waals surface area contributed by atoms with E-state index >= 15 is 0 Å². The summed E-state index contributed by atoms with van der Waals surface area (Å²) in [4.78, 5) is 14.1. The van der Waals surface area contributed by atoms with Crippen LogP contribution in [0.4, 0.5) is 5.69 Å². The second-order valence-electron chi connectivity index (χ2n) is 3.69. The molecule has 0 saturated carbocycles. The highest BCUT2D eigenvalue weighted by Crippen LogP contribution is 2.22. The summed E-state index contributed by atoms with van der Waals surface area (Å²) >= 11 is 0. The van der Waals surface area contributed by atoms with Crippen molar-refractivity contribution >= 4 is 5.69 Å². The van der Waals surface area contributed by atoms with Gasteiger partial charge in [0.05, 0.1) is 4.92 Å². The molecule has 7 heteroatoms. The van der Waals surface area contributed by atoms with E-state index in [1.165, 1.54) is 24.3 Å². The summed E-state index contributed by atoms with van der Waals surface area (Å²) in [5.41, 5.74) is 0.0173. The smallest absolute Gasteiger partial charge is 0.269 e. The lowest BCUT2D eigenvalue weighted by Gasteiger charge is -2.09. The molecule has 7 nitrogen and oxygen atoms in total. The zero-order chi connectivity index (χ0) is 13.1. The van der Waals surface area contributed by atoms with E-state index in [1.807, 2.05) is 0 Å². The molecule has 0 fully saturated rings. The van der Waals surface area contributed by atoms with Crippen LogP contribution in [-0.2, 0) is 0 Å². The fourth-order valence-electron chi connectivity index (χ4n) is 1.38. The number of nitrogens with zero attached hydrogens (tertiary/aromatic N) is 3. The lowest BCUT2D eigenvalue weighted by atomic mass is 10.3. The third-order valence-corrected chi connectivity index (χ3v) is 2.25. The van der Waals surface area contributed by atoms with Gasteiger partial charge in [0.25, 0.3) is 11.6 Å². The van der Waals surface area contributed by atoms with Crippen LogP contribution in [0.1, 0.15) is 24.7 Å². The van der Waals surface area contributed by atoms with Gasteiger partial charge < -0.3 is 9.26 Å². The van der Waals surface area contributed by atoms with Crippen molar-refractivity contribution < 1.29 is 14.2 Å². The third kappa shape index (κ3) is 2.62. The van der Waals surface area contributed by atoms with E-state index in [2.05, 4.69) is 10.1 Å². The van der Waals surface area contributed by atoms with Crippen molar-refractivity contribution in [3.63, 3.8) is 0 Å². The van der Waals surface area contributed by atoms with Crippen LogP contribution in [0.15, 0.2) is 28.8 Å². The number of hydrogen-bond donors (Lipinski definition) is 0. The minimum atomic E-state index is -0.464. The predicted octanol–water partition coefficient (Wildman–Crippen LogP) is 2.43. The first kappa shape index (κ1) is 12.0. The van der Waals surface area contributed by atoms with E-state index in [4.69, 9.17) is 9.26 Å². The molecule has 0 aliphatic carbocycles. The van der Waals surface area contributed by atoms with Gasteiger partial charge in [0.1, 0.15) is 5.75 Å². The molecular formula is C11H11N3O4. The van der Waals surface area contributed by atoms with Gasteiger partial charge in [-0.3, -0.25) is 10.1 Å². The number of nitro groups is 1. The minimum Gasteiger partial charge on any atom is -0.481 e. The molecule has 0 saturated heterocycles. The Balaban J connectivity index is 2.07. The van der Waals surface area contributed by atoms with Crippen LogP contribution < -0.4 is 4.74 Å². The van der Waals surface area contributed by atoms with E-state index in [0.717, 1.165) is 0 Å². The molecule has 1 heterocycles. The van der Waals surface area contributed by atoms with E-state index in [9.17, 15) is 10.1 Å². The summed E-state index contributed by atoms with van der Waals surface area (Å²) in [6.07, 6.45) is -0.410. The van der Waals surface area contributed by atoms with Gasteiger partial charge in [-0.1, -0.05) is 5.16 Å². The molecular weight excluding hydrogens is 238 g/mol. The largest absolute Gasteiger partial charge is 0.481 e. The van der Waals surface area contributed by atoms with Crippen molar-refractivity contribution in [1.29, 1.82) is 0 Å². The topological polar surface area (TPSA) is 91.3 Å². The van der Waals surface area contributed by atoms with Crippen molar-refractivity contribution in [1.82, 2.24) is 10.1 Å². The quantitative estimate of drug-likeness (QED) is 0.610. The monoisotopic (exact) mass is 249 g/mol. The second-order valence-corrected chi connectivity index (χ2v) is 3.69. The Morgan fingerprint density at radius 2 is 2.06 bits per heavy atom. The number of aromatic nitrogens is 2. The van der Waals surface area contributed by atoms with Crippen LogP contribution in [0.2, 0.25) is 0 Å². The van der Waals surface area contributed by atoms with Crippen molar-refractivity contribution in [3.05, 3.63) is 46.1 Å². The van der Waals surface area contributed by atoms with E-state index < -0.39 is 11.0 Å². The Morgan fingerprint density at radius 3 is 2.56 bits per heavy atom. The molecule has 0 bridgehead atoms. The third-order valence-electron chi connectivity index (χ3n) is 2.25. The SMILES string of the molecule is Cc1noc(C(C)Oc2ccc([N+](=O)[O-])cc2)n1. The highest BCUT2D eigenvalue weighted by atomic mass is 16.6. The summed E-state index contributed by atoms with van der Waals surface area (Å²) < 4.78 is 10.5. The van der Waals surface area contributed by atoms with Crippen molar-refractivity contribution in [3.8, 4) is 5.75 Å². The van der Waals surface area contributed by atoms with E-state index in [0.29, 0.717) is 17.5 Å². The molecule has 1 aromatic heterocycles. The number of rotatable bonds is 4. The first-order valence-electron chi connectivity index (χ1n) is 5.27. The van der Waals surface area contributed by atoms with Crippen LogP contribution in [0.5, 0.6) is 5.75 Å². The molecule has 0 aliphatic heterocycles.